The highest BCUT2D eigenvalue weighted by Gasteiger charge is 2.05. The van der Waals surface area contributed by atoms with Gasteiger partial charge in [0.1, 0.15) is 0 Å². The van der Waals surface area contributed by atoms with Gasteiger partial charge in [-0.05, 0) is 25.5 Å². The Labute approximate surface area is 85.5 Å². The minimum atomic E-state index is 0. The third-order valence-corrected chi connectivity index (χ3v) is 2.19. The second kappa shape index (κ2) is 4.33. The SMILES string of the molecule is Cc1ccc(N2C=CCC2)cc1.Cl. The summed E-state index contributed by atoms with van der Waals surface area (Å²) in [4.78, 5) is 2.28. The molecule has 0 bridgehead atoms. The van der Waals surface area contributed by atoms with Crippen LogP contribution in [0, 0.1) is 6.92 Å². The molecule has 70 valence electrons. The fraction of sp³-hybridized carbons (Fsp3) is 0.273. The first-order valence-electron chi connectivity index (χ1n) is 4.36. The highest BCUT2D eigenvalue weighted by atomic mass is 35.5. The maximum absolute atomic E-state index is 2.28. The van der Waals surface area contributed by atoms with E-state index in [4.69, 9.17) is 0 Å². The average Bonchev–Trinajstić information content (AvgIpc) is 2.58. The Morgan fingerprint density at radius 2 is 1.85 bits per heavy atom. The molecule has 0 spiro atoms. The van der Waals surface area contributed by atoms with E-state index in [1.54, 1.807) is 0 Å². The summed E-state index contributed by atoms with van der Waals surface area (Å²) in [5.74, 6) is 0. The largest absolute Gasteiger partial charge is 0.348 e. The van der Waals surface area contributed by atoms with Crippen molar-refractivity contribution in [1.82, 2.24) is 0 Å². The summed E-state index contributed by atoms with van der Waals surface area (Å²) in [6.45, 7) is 3.24. The van der Waals surface area contributed by atoms with Crippen LogP contribution in [0.15, 0.2) is 36.5 Å². The Kier molecular flexibility index (Phi) is 3.38. The Bertz CT molecular complexity index is 289. The van der Waals surface area contributed by atoms with Crippen LogP contribution in [0.5, 0.6) is 0 Å². The smallest absolute Gasteiger partial charge is 0.0406 e. The monoisotopic (exact) mass is 195 g/mol. The van der Waals surface area contributed by atoms with E-state index in [2.05, 4.69) is 48.4 Å². The van der Waals surface area contributed by atoms with Gasteiger partial charge < -0.3 is 4.90 Å². The van der Waals surface area contributed by atoms with E-state index < -0.39 is 0 Å². The zero-order chi connectivity index (χ0) is 8.39. The molecular formula is C11H14ClN. The van der Waals surface area contributed by atoms with Gasteiger partial charge in [0.15, 0.2) is 0 Å². The Balaban J connectivity index is 0.000000845. The molecule has 1 aromatic rings. The summed E-state index contributed by atoms with van der Waals surface area (Å²) in [5.41, 5.74) is 2.62. The molecule has 0 fully saturated rings. The molecule has 1 aliphatic heterocycles. The van der Waals surface area contributed by atoms with Crippen LogP contribution in [0.3, 0.4) is 0 Å². The molecule has 0 aromatic heterocycles. The van der Waals surface area contributed by atoms with Crippen molar-refractivity contribution >= 4 is 18.1 Å². The normalized spacial score (nSPS) is 14.4. The molecule has 1 aliphatic rings. The van der Waals surface area contributed by atoms with Crippen molar-refractivity contribution in [3.05, 3.63) is 42.1 Å². The van der Waals surface area contributed by atoms with Crippen molar-refractivity contribution in [3.8, 4) is 0 Å². The standard InChI is InChI=1S/C11H13N.ClH/c1-10-4-6-11(7-5-10)12-8-2-3-9-12;/h2,4-8H,3,9H2,1H3;1H. The molecule has 0 atom stereocenters. The van der Waals surface area contributed by atoms with Gasteiger partial charge >= 0.3 is 0 Å². The Morgan fingerprint density at radius 3 is 2.38 bits per heavy atom. The number of anilines is 1. The highest BCUT2D eigenvalue weighted by Crippen LogP contribution is 2.18. The van der Waals surface area contributed by atoms with Crippen LogP contribution in [0.25, 0.3) is 0 Å². The molecule has 0 radical (unpaired) electrons. The van der Waals surface area contributed by atoms with Crippen molar-refractivity contribution in [2.24, 2.45) is 0 Å². The van der Waals surface area contributed by atoms with E-state index in [0.29, 0.717) is 0 Å². The molecule has 2 heteroatoms. The molecule has 1 nitrogen and oxygen atoms in total. The maximum atomic E-state index is 2.28. The molecular weight excluding hydrogens is 182 g/mol. The number of aryl methyl sites for hydroxylation is 1. The fourth-order valence-electron chi connectivity index (χ4n) is 1.44. The van der Waals surface area contributed by atoms with E-state index in [9.17, 15) is 0 Å². The highest BCUT2D eigenvalue weighted by molar-refractivity contribution is 5.85. The number of nitrogens with zero attached hydrogens (tertiary/aromatic N) is 1. The molecule has 2 rings (SSSR count). The van der Waals surface area contributed by atoms with E-state index in [1.165, 1.54) is 17.7 Å². The zero-order valence-corrected chi connectivity index (χ0v) is 8.55. The van der Waals surface area contributed by atoms with Crippen molar-refractivity contribution in [3.63, 3.8) is 0 Å². The molecule has 13 heavy (non-hydrogen) atoms. The van der Waals surface area contributed by atoms with Gasteiger partial charge in [0, 0.05) is 18.4 Å². The topological polar surface area (TPSA) is 3.24 Å². The van der Waals surface area contributed by atoms with Crippen LogP contribution in [-0.2, 0) is 0 Å². The first-order valence-corrected chi connectivity index (χ1v) is 4.36. The second-order valence-corrected chi connectivity index (χ2v) is 3.20. The van der Waals surface area contributed by atoms with Gasteiger partial charge in [0.2, 0.25) is 0 Å². The summed E-state index contributed by atoms with van der Waals surface area (Å²) < 4.78 is 0. The van der Waals surface area contributed by atoms with Crippen LogP contribution in [-0.4, -0.2) is 6.54 Å². The molecule has 0 N–H and O–H groups in total. The van der Waals surface area contributed by atoms with Crippen LogP contribution in [0.2, 0.25) is 0 Å². The first-order chi connectivity index (χ1) is 5.86. The van der Waals surface area contributed by atoms with Crippen molar-refractivity contribution in [1.29, 1.82) is 0 Å². The lowest BCUT2D eigenvalue weighted by Gasteiger charge is -2.15. The molecule has 1 heterocycles. The number of benzene rings is 1. The van der Waals surface area contributed by atoms with Crippen LogP contribution in [0.1, 0.15) is 12.0 Å². The van der Waals surface area contributed by atoms with Gasteiger partial charge in [-0.25, -0.2) is 0 Å². The number of hydrogen-bond acceptors (Lipinski definition) is 1. The average molecular weight is 196 g/mol. The van der Waals surface area contributed by atoms with Gasteiger partial charge in [-0.1, -0.05) is 23.8 Å². The Morgan fingerprint density at radius 1 is 1.15 bits per heavy atom. The lowest BCUT2D eigenvalue weighted by atomic mass is 10.2. The summed E-state index contributed by atoms with van der Waals surface area (Å²) >= 11 is 0. The minimum Gasteiger partial charge on any atom is -0.348 e. The Hall–Kier alpha value is -0.950. The molecule has 0 unspecified atom stereocenters. The maximum Gasteiger partial charge on any atom is 0.0406 e. The van der Waals surface area contributed by atoms with Crippen molar-refractivity contribution in [2.75, 3.05) is 11.4 Å². The molecule has 0 amide bonds. The number of halogens is 1. The van der Waals surface area contributed by atoms with Gasteiger partial charge in [-0.15, -0.1) is 12.4 Å². The van der Waals surface area contributed by atoms with Crippen molar-refractivity contribution < 1.29 is 0 Å². The van der Waals surface area contributed by atoms with E-state index in [1.807, 2.05) is 0 Å². The van der Waals surface area contributed by atoms with Gasteiger partial charge in [0.25, 0.3) is 0 Å². The lowest BCUT2D eigenvalue weighted by molar-refractivity contribution is 0.999. The van der Waals surface area contributed by atoms with E-state index in [0.717, 1.165) is 6.54 Å². The predicted molar refractivity (Wildman–Crippen MR) is 59.5 cm³/mol. The van der Waals surface area contributed by atoms with Gasteiger partial charge in [0.05, 0.1) is 0 Å². The number of hydrogen-bond donors (Lipinski definition) is 0. The summed E-state index contributed by atoms with van der Waals surface area (Å²) in [6, 6.07) is 8.65. The van der Waals surface area contributed by atoms with Crippen LogP contribution < -0.4 is 4.90 Å². The summed E-state index contributed by atoms with van der Waals surface area (Å²) in [7, 11) is 0. The predicted octanol–water partition coefficient (Wildman–Crippen LogP) is 3.14. The molecule has 0 aliphatic carbocycles. The van der Waals surface area contributed by atoms with Gasteiger partial charge in [-0.2, -0.15) is 0 Å². The summed E-state index contributed by atoms with van der Waals surface area (Å²) in [5, 5.41) is 0. The third kappa shape index (κ3) is 2.25. The van der Waals surface area contributed by atoms with Gasteiger partial charge in [-0.3, -0.25) is 0 Å². The van der Waals surface area contributed by atoms with E-state index >= 15 is 0 Å². The lowest BCUT2D eigenvalue weighted by Crippen LogP contribution is -2.11. The molecule has 1 aromatic carbocycles. The van der Waals surface area contributed by atoms with Crippen LogP contribution >= 0.6 is 12.4 Å². The second-order valence-electron chi connectivity index (χ2n) is 3.20. The zero-order valence-electron chi connectivity index (χ0n) is 7.73. The quantitative estimate of drug-likeness (QED) is 0.666. The third-order valence-electron chi connectivity index (χ3n) is 2.19. The van der Waals surface area contributed by atoms with Crippen LogP contribution in [0.4, 0.5) is 5.69 Å². The fourth-order valence-corrected chi connectivity index (χ4v) is 1.44. The molecule has 0 saturated heterocycles. The minimum absolute atomic E-state index is 0. The summed E-state index contributed by atoms with van der Waals surface area (Å²) in [6.07, 6.45) is 5.54. The first kappa shape index (κ1) is 10.1. The molecule has 0 saturated carbocycles. The van der Waals surface area contributed by atoms with Crippen molar-refractivity contribution in [2.45, 2.75) is 13.3 Å². The van der Waals surface area contributed by atoms with E-state index in [-0.39, 0.29) is 12.4 Å². The number of rotatable bonds is 1.